The molecule has 1 atom stereocenters. The first-order valence-corrected chi connectivity index (χ1v) is 8.47. The van der Waals surface area contributed by atoms with Gasteiger partial charge in [0.2, 0.25) is 11.8 Å². The van der Waals surface area contributed by atoms with Crippen LogP contribution in [0.25, 0.3) is 0 Å². The predicted molar refractivity (Wildman–Crippen MR) is 92.7 cm³/mol. The summed E-state index contributed by atoms with van der Waals surface area (Å²) in [6, 6.07) is 5.98. The van der Waals surface area contributed by atoms with E-state index in [2.05, 4.69) is 9.97 Å². The van der Waals surface area contributed by atoms with Crippen molar-refractivity contribution >= 4 is 17.5 Å². The maximum atomic E-state index is 12.9. The molecule has 0 radical (unpaired) electrons. The van der Waals surface area contributed by atoms with Crippen molar-refractivity contribution < 1.29 is 9.59 Å². The van der Waals surface area contributed by atoms with Crippen LogP contribution in [0.1, 0.15) is 28.8 Å². The number of aryl methyl sites for hydroxylation is 2. The lowest BCUT2D eigenvalue weighted by Crippen LogP contribution is -2.34. The second-order valence-electron chi connectivity index (χ2n) is 6.86. The number of benzene rings is 1. The van der Waals surface area contributed by atoms with Crippen molar-refractivity contribution in [3.63, 3.8) is 0 Å². The van der Waals surface area contributed by atoms with Crippen molar-refractivity contribution in [3.05, 3.63) is 53.1 Å². The smallest absolute Gasteiger partial charge is 0.228 e. The number of carbonyl (C=O) groups excluding carboxylic acids is 2. The number of hydrogen-bond acceptors (Lipinski definition) is 4. The molecule has 25 heavy (non-hydrogen) atoms. The SMILES string of the molecule is Cc1ccc(N2C[C@H](C(=O)N3Cc4cncnc4C3)CC2=O)cc1C. The van der Waals surface area contributed by atoms with Crippen molar-refractivity contribution in [2.24, 2.45) is 5.92 Å². The van der Waals surface area contributed by atoms with Crippen LogP contribution in [0.5, 0.6) is 0 Å². The number of anilines is 1. The summed E-state index contributed by atoms with van der Waals surface area (Å²) in [4.78, 5) is 37.1. The zero-order valence-corrected chi connectivity index (χ0v) is 14.4. The summed E-state index contributed by atoms with van der Waals surface area (Å²) in [5, 5.41) is 0. The molecule has 0 spiro atoms. The molecule has 2 aliphatic heterocycles. The molecule has 2 aromatic rings. The molecule has 6 nitrogen and oxygen atoms in total. The molecule has 6 heteroatoms. The van der Waals surface area contributed by atoms with Crippen molar-refractivity contribution in [2.45, 2.75) is 33.4 Å². The Morgan fingerprint density at radius 1 is 1.20 bits per heavy atom. The van der Waals surface area contributed by atoms with Crippen molar-refractivity contribution in [2.75, 3.05) is 11.4 Å². The van der Waals surface area contributed by atoms with Gasteiger partial charge in [0, 0.05) is 37.0 Å². The van der Waals surface area contributed by atoms with Crippen LogP contribution in [-0.2, 0) is 22.7 Å². The van der Waals surface area contributed by atoms with Gasteiger partial charge in [0.15, 0.2) is 0 Å². The zero-order valence-electron chi connectivity index (χ0n) is 14.4. The number of nitrogens with zero attached hydrogens (tertiary/aromatic N) is 4. The molecule has 2 aliphatic rings. The van der Waals surface area contributed by atoms with Crippen molar-refractivity contribution in [3.8, 4) is 0 Å². The van der Waals surface area contributed by atoms with Crippen LogP contribution in [0.2, 0.25) is 0 Å². The molecule has 0 saturated carbocycles. The van der Waals surface area contributed by atoms with Gasteiger partial charge in [0.05, 0.1) is 18.2 Å². The highest BCUT2D eigenvalue weighted by molar-refractivity contribution is 6.00. The Bertz CT molecular complexity index is 839. The Morgan fingerprint density at radius 2 is 2.04 bits per heavy atom. The minimum Gasteiger partial charge on any atom is -0.332 e. The summed E-state index contributed by atoms with van der Waals surface area (Å²) in [5.74, 6) is -0.257. The molecular formula is C19H20N4O2. The van der Waals surface area contributed by atoms with Gasteiger partial charge in [-0.1, -0.05) is 6.07 Å². The van der Waals surface area contributed by atoms with Gasteiger partial charge in [-0.2, -0.15) is 0 Å². The number of aromatic nitrogens is 2. The van der Waals surface area contributed by atoms with Gasteiger partial charge in [0.25, 0.3) is 0 Å². The fraction of sp³-hybridized carbons (Fsp3) is 0.368. The van der Waals surface area contributed by atoms with Gasteiger partial charge in [-0.05, 0) is 37.1 Å². The predicted octanol–water partition coefficient (Wildman–Crippen LogP) is 1.99. The molecule has 0 bridgehead atoms. The van der Waals surface area contributed by atoms with E-state index in [0.717, 1.165) is 22.5 Å². The third-order valence-electron chi connectivity index (χ3n) is 5.17. The fourth-order valence-corrected chi connectivity index (χ4v) is 3.53. The van der Waals surface area contributed by atoms with E-state index in [1.165, 1.54) is 11.9 Å². The number of rotatable bonds is 2. The topological polar surface area (TPSA) is 66.4 Å². The Labute approximate surface area is 146 Å². The first-order chi connectivity index (χ1) is 12.0. The summed E-state index contributed by atoms with van der Waals surface area (Å²) in [6.07, 6.45) is 3.54. The molecule has 128 valence electrons. The van der Waals surface area contributed by atoms with Crippen molar-refractivity contribution in [1.29, 1.82) is 0 Å². The van der Waals surface area contributed by atoms with Crippen LogP contribution < -0.4 is 4.90 Å². The molecule has 0 unspecified atom stereocenters. The standard InChI is InChI=1S/C19H20N4O2/c1-12-3-4-16(5-13(12)2)23-9-14(6-18(23)24)19(25)22-8-15-7-20-11-21-17(15)10-22/h3-5,7,11,14H,6,8-10H2,1-2H3/t14-/m1/s1. The van der Waals surface area contributed by atoms with E-state index in [9.17, 15) is 9.59 Å². The van der Waals surface area contributed by atoms with Gasteiger partial charge in [-0.15, -0.1) is 0 Å². The summed E-state index contributed by atoms with van der Waals surface area (Å²) in [7, 11) is 0. The highest BCUT2D eigenvalue weighted by Gasteiger charge is 2.38. The monoisotopic (exact) mass is 336 g/mol. The third kappa shape index (κ3) is 2.77. The molecule has 3 heterocycles. The molecular weight excluding hydrogens is 316 g/mol. The van der Waals surface area contributed by atoms with E-state index >= 15 is 0 Å². The summed E-state index contributed by atoms with van der Waals surface area (Å²) >= 11 is 0. The largest absolute Gasteiger partial charge is 0.332 e. The highest BCUT2D eigenvalue weighted by atomic mass is 16.2. The second kappa shape index (κ2) is 5.95. The minimum absolute atomic E-state index is 0.0121. The van der Waals surface area contributed by atoms with Gasteiger partial charge in [-0.3, -0.25) is 9.59 Å². The van der Waals surface area contributed by atoms with E-state index < -0.39 is 0 Å². The fourth-order valence-electron chi connectivity index (χ4n) is 3.53. The number of carbonyl (C=O) groups is 2. The van der Waals surface area contributed by atoms with Gasteiger partial charge < -0.3 is 9.80 Å². The Kier molecular flexibility index (Phi) is 3.75. The minimum atomic E-state index is -0.295. The van der Waals surface area contributed by atoms with Crippen LogP contribution >= 0.6 is 0 Å². The number of amides is 2. The van der Waals surface area contributed by atoms with Gasteiger partial charge >= 0.3 is 0 Å². The zero-order chi connectivity index (χ0) is 17.6. The van der Waals surface area contributed by atoms with E-state index in [4.69, 9.17) is 0 Å². The number of fused-ring (bicyclic) bond motifs is 1. The molecule has 1 aromatic carbocycles. The summed E-state index contributed by atoms with van der Waals surface area (Å²) in [5.41, 5.74) is 5.11. The quantitative estimate of drug-likeness (QED) is 0.841. The highest BCUT2D eigenvalue weighted by Crippen LogP contribution is 2.30. The average Bonchev–Trinajstić information content (AvgIpc) is 3.20. The van der Waals surface area contributed by atoms with E-state index in [-0.39, 0.29) is 24.2 Å². The summed E-state index contributed by atoms with van der Waals surface area (Å²) in [6.45, 7) is 5.56. The molecule has 2 amide bonds. The molecule has 1 fully saturated rings. The molecule has 0 N–H and O–H groups in total. The number of hydrogen-bond donors (Lipinski definition) is 0. The summed E-state index contributed by atoms with van der Waals surface area (Å²) < 4.78 is 0. The first kappa shape index (κ1) is 15.7. The van der Waals surface area contributed by atoms with Crippen LogP contribution in [0, 0.1) is 19.8 Å². The lowest BCUT2D eigenvalue weighted by Gasteiger charge is -2.21. The average molecular weight is 336 g/mol. The van der Waals surface area contributed by atoms with Crippen LogP contribution in [-0.4, -0.2) is 33.2 Å². The van der Waals surface area contributed by atoms with E-state index in [1.807, 2.05) is 32.0 Å². The lowest BCUT2D eigenvalue weighted by atomic mass is 10.1. The lowest BCUT2D eigenvalue weighted by molar-refractivity contribution is -0.136. The Balaban J connectivity index is 1.49. The molecule has 1 aromatic heterocycles. The first-order valence-electron chi connectivity index (χ1n) is 8.47. The van der Waals surface area contributed by atoms with Gasteiger partial charge in [0.1, 0.15) is 6.33 Å². The Morgan fingerprint density at radius 3 is 2.80 bits per heavy atom. The third-order valence-corrected chi connectivity index (χ3v) is 5.17. The molecule has 0 aliphatic carbocycles. The molecule has 4 rings (SSSR count). The second-order valence-corrected chi connectivity index (χ2v) is 6.86. The van der Waals surface area contributed by atoms with Crippen molar-refractivity contribution in [1.82, 2.24) is 14.9 Å². The van der Waals surface area contributed by atoms with Crippen LogP contribution in [0.15, 0.2) is 30.7 Å². The molecule has 1 saturated heterocycles. The van der Waals surface area contributed by atoms with Crippen LogP contribution in [0.4, 0.5) is 5.69 Å². The van der Waals surface area contributed by atoms with Crippen LogP contribution in [0.3, 0.4) is 0 Å². The van der Waals surface area contributed by atoms with Gasteiger partial charge in [-0.25, -0.2) is 9.97 Å². The van der Waals surface area contributed by atoms with E-state index in [0.29, 0.717) is 19.6 Å². The normalized spacial score (nSPS) is 19.4. The maximum Gasteiger partial charge on any atom is 0.228 e. The Hall–Kier alpha value is -2.76. The van der Waals surface area contributed by atoms with E-state index in [1.54, 1.807) is 16.0 Å². The maximum absolute atomic E-state index is 12.9.